The number of nitrogens with two attached hydrogens (primary N) is 1. The lowest BCUT2D eigenvalue weighted by Crippen LogP contribution is -2.35. The zero-order valence-electron chi connectivity index (χ0n) is 9.33. The van der Waals surface area contributed by atoms with Crippen molar-refractivity contribution in [1.29, 1.82) is 0 Å². The summed E-state index contributed by atoms with van der Waals surface area (Å²) in [4.78, 5) is 0. The average molecular weight is 207 g/mol. The molecule has 2 atom stereocenters. The van der Waals surface area contributed by atoms with Crippen molar-refractivity contribution in [2.24, 2.45) is 5.73 Å². The second kappa shape index (κ2) is 3.60. The SMILES string of the molecule is Cc1cccc(C(C(C)F)C2(N)CC2)c1. The molecule has 0 aromatic heterocycles. The molecule has 2 N–H and O–H groups in total. The highest BCUT2D eigenvalue weighted by Crippen LogP contribution is 2.47. The maximum Gasteiger partial charge on any atom is 0.106 e. The highest BCUT2D eigenvalue weighted by molar-refractivity contribution is 5.31. The molecule has 0 bridgehead atoms. The summed E-state index contributed by atoms with van der Waals surface area (Å²) in [5.74, 6) is -0.141. The van der Waals surface area contributed by atoms with Crippen LogP contribution in [0.4, 0.5) is 4.39 Å². The molecule has 1 saturated carbocycles. The summed E-state index contributed by atoms with van der Waals surface area (Å²) in [6.07, 6.45) is 1.01. The Balaban J connectivity index is 2.33. The van der Waals surface area contributed by atoms with Crippen LogP contribution in [0.1, 0.15) is 36.8 Å². The Morgan fingerprint density at radius 1 is 1.40 bits per heavy atom. The van der Waals surface area contributed by atoms with E-state index < -0.39 is 6.17 Å². The largest absolute Gasteiger partial charge is 0.324 e. The first-order valence-electron chi connectivity index (χ1n) is 5.52. The van der Waals surface area contributed by atoms with Crippen LogP contribution in [0.25, 0.3) is 0 Å². The molecule has 0 radical (unpaired) electrons. The Bertz CT molecular complexity index is 355. The Kier molecular flexibility index (Phi) is 2.55. The van der Waals surface area contributed by atoms with E-state index in [0.29, 0.717) is 0 Å². The number of halogens is 1. The lowest BCUT2D eigenvalue weighted by Gasteiger charge is -2.25. The van der Waals surface area contributed by atoms with E-state index in [9.17, 15) is 4.39 Å². The molecule has 82 valence electrons. The zero-order chi connectivity index (χ0) is 11.1. The van der Waals surface area contributed by atoms with Gasteiger partial charge >= 0.3 is 0 Å². The first kappa shape index (κ1) is 10.6. The van der Waals surface area contributed by atoms with Crippen molar-refractivity contribution < 1.29 is 4.39 Å². The van der Waals surface area contributed by atoms with Crippen molar-refractivity contribution >= 4 is 0 Å². The average Bonchev–Trinajstić information content (AvgIpc) is 2.83. The van der Waals surface area contributed by atoms with Gasteiger partial charge in [0.15, 0.2) is 0 Å². The quantitative estimate of drug-likeness (QED) is 0.810. The molecule has 1 nitrogen and oxygen atoms in total. The third-order valence-corrected chi connectivity index (χ3v) is 3.31. The van der Waals surface area contributed by atoms with Crippen LogP contribution in [0.15, 0.2) is 24.3 Å². The molecular formula is C13H18FN. The van der Waals surface area contributed by atoms with Crippen LogP contribution in [0, 0.1) is 6.92 Å². The fourth-order valence-electron chi connectivity index (χ4n) is 2.37. The van der Waals surface area contributed by atoms with Crippen LogP contribution in [0.2, 0.25) is 0 Å². The predicted molar refractivity (Wildman–Crippen MR) is 60.6 cm³/mol. The van der Waals surface area contributed by atoms with Crippen molar-refractivity contribution in [1.82, 2.24) is 0 Å². The van der Waals surface area contributed by atoms with Gasteiger partial charge < -0.3 is 5.73 Å². The summed E-state index contributed by atoms with van der Waals surface area (Å²) < 4.78 is 13.6. The van der Waals surface area contributed by atoms with Gasteiger partial charge in [-0.3, -0.25) is 0 Å². The summed E-state index contributed by atoms with van der Waals surface area (Å²) in [5.41, 5.74) is 8.06. The molecule has 15 heavy (non-hydrogen) atoms. The molecule has 1 aliphatic carbocycles. The zero-order valence-corrected chi connectivity index (χ0v) is 9.33. The molecule has 0 aliphatic heterocycles. The Labute approximate surface area is 90.5 Å². The minimum absolute atomic E-state index is 0.141. The van der Waals surface area contributed by atoms with Gasteiger partial charge in [0.25, 0.3) is 0 Å². The topological polar surface area (TPSA) is 26.0 Å². The van der Waals surface area contributed by atoms with Crippen LogP contribution >= 0.6 is 0 Å². The van der Waals surface area contributed by atoms with E-state index in [0.717, 1.165) is 18.4 Å². The summed E-state index contributed by atoms with van der Waals surface area (Å²) in [5, 5.41) is 0. The fraction of sp³-hybridized carbons (Fsp3) is 0.538. The molecule has 2 rings (SSSR count). The standard InChI is InChI=1S/C13H18FN/c1-9-4-3-5-11(8-9)12(10(2)14)13(15)6-7-13/h3-5,8,10,12H,6-7,15H2,1-2H3. The second-order valence-corrected chi connectivity index (χ2v) is 4.80. The minimum atomic E-state index is -0.876. The van der Waals surface area contributed by atoms with Gasteiger partial charge in [-0.15, -0.1) is 0 Å². The van der Waals surface area contributed by atoms with Crippen LogP contribution in [0.5, 0.6) is 0 Å². The molecule has 1 aromatic rings. The normalized spacial score (nSPS) is 22.1. The molecule has 1 aromatic carbocycles. The van der Waals surface area contributed by atoms with E-state index in [2.05, 4.69) is 0 Å². The molecular weight excluding hydrogens is 189 g/mol. The lowest BCUT2D eigenvalue weighted by atomic mass is 9.86. The Morgan fingerprint density at radius 3 is 2.53 bits per heavy atom. The summed E-state index contributed by atoms with van der Waals surface area (Å²) in [7, 11) is 0. The molecule has 0 spiro atoms. The third-order valence-electron chi connectivity index (χ3n) is 3.31. The van der Waals surface area contributed by atoms with Gasteiger partial charge in [-0.2, -0.15) is 0 Å². The van der Waals surface area contributed by atoms with E-state index >= 15 is 0 Å². The molecule has 1 fully saturated rings. The lowest BCUT2D eigenvalue weighted by molar-refractivity contribution is 0.269. The number of alkyl halides is 1. The highest BCUT2D eigenvalue weighted by Gasteiger charge is 2.48. The first-order chi connectivity index (χ1) is 7.03. The van der Waals surface area contributed by atoms with E-state index in [1.165, 1.54) is 5.56 Å². The van der Waals surface area contributed by atoms with Gasteiger partial charge in [0.05, 0.1) is 0 Å². The number of hydrogen-bond donors (Lipinski definition) is 1. The van der Waals surface area contributed by atoms with E-state index in [1.807, 2.05) is 31.2 Å². The van der Waals surface area contributed by atoms with Crippen LogP contribution < -0.4 is 5.73 Å². The van der Waals surface area contributed by atoms with Gasteiger partial charge in [0.2, 0.25) is 0 Å². The number of hydrogen-bond acceptors (Lipinski definition) is 1. The van der Waals surface area contributed by atoms with Gasteiger partial charge in [-0.25, -0.2) is 4.39 Å². The summed E-state index contributed by atoms with van der Waals surface area (Å²) in [6.45, 7) is 3.64. The van der Waals surface area contributed by atoms with Gasteiger partial charge in [0, 0.05) is 11.5 Å². The van der Waals surface area contributed by atoms with E-state index in [1.54, 1.807) is 6.92 Å². The van der Waals surface area contributed by atoms with E-state index in [-0.39, 0.29) is 11.5 Å². The van der Waals surface area contributed by atoms with Gasteiger partial charge in [-0.1, -0.05) is 29.8 Å². The Morgan fingerprint density at radius 2 is 2.07 bits per heavy atom. The second-order valence-electron chi connectivity index (χ2n) is 4.80. The third kappa shape index (κ3) is 2.05. The molecule has 0 heterocycles. The molecule has 2 heteroatoms. The molecule has 2 unspecified atom stereocenters. The monoisotopic (exact) mass is 207 g/mol. The predicted octanol–water partition coefficient (Wildman–Crippen LogP) is 2.93. The highest BCUT2D eigenvalue weighted by atomic mass is 19.1. The van der Waals surface area contributed by atoms with Crippen molar-refractivity contribution in [2.45, 2.75) is 44.3 Å². The Hall–Kier alpha value is -0.890. The van der Waals surface area contributed by atoms with Crippen LogP contribution in [0.3, 0.4) is 0 Å². The molecule has 1 aliphatic rings. The number of rotatable bonds is 3. The van der Waals surface area contributed by atoms with Crippen molar-refractivity contribution in [2.75, 3.05) is 0 Å². The van der Waals surface area contributed by atoms with Crippen molar-refractivity contribution in [3.05, 3.63) is 35.4 Å². The first-order valence-corrected chi connectivity index (χ1v) is 5.52. The van der Waals surface area contributed by atoms with Gasteiger partial charge in [-0.05, 0) is 32.3 Å². The maximum atomic E-state index is 13.6. The number of benzene rings is 1. The van der Waals surface area contributed by atoms with Crippen molar-refractivity contribution in [3.8, 4) is 0 Å². The molecule has 0 amide bonds. The maximum absolute atomic E-state index is 13.6. The smallest absolute Gasteiger partial charge is 0.106 e. The minimum Gasteiger partial charge on any atom is -0.324 e. The molecule has 0 saturated heterocycles. The number of aryl methyl sites for hydroxylation is 1. The summed E-state index contributed by atoms with van der Waals surface area (Å²) >= 11 is 0. The van der Waals surface area contributed by atoms with E-state index in [4.69, 9.17) is 5.73 Å². The van der Waals surface area contributed by atoms with Crippen molar-refractivity contribution in [3.63, 3.8) is 0 Å². The summed E-state index contributed by atoms with van der Waals surface area (Å²) in [6, 6.07) is 8.04. The van der Waals surface area contributed by atoms with Crippen LogP contribution in [-0.4, -0.2) is 11.7 Å². The van der Waals surface area contributed by atoms with Gasteiger partial charge in [0.1, 0.15) is 6.17 Å². The van der Waals surface area contributed by atoms with Crippen LogP contribution in [-0.2, 0) is 0 Å². The fourth-order valence-corrected chi connectivity index (χ4v) is 2.37.